The Bertz CT molecular complexity index is 755. The van der Waals surface area contributed by atoms with Gasteiger partial charge in [-0.25, -0.2) is 14.8 Å². The molecule has 3 atom stereocenters. The number of hydrazine groups is 1. The third kappa shape index (κ3) is 6.48. The average Bonchev–Trinajstić information content (AvgIpc) is 2.71. The highest BCUT2D eigenvalue weighted by Crippen LogP contribution is 2.45. The van der Waals surface area contributed by atoms with Gasteiger partial charge in [0.1, 0.15) is 12.4 Å². The molecule has 6 nitrogen and oxygen atoms in total. The third-order valence-corrected chi connectivity index (χ3v) is 13.1. The fourth-order valence-corrected chi connectivity index (χ4v) is 11.1. The minimum atomic E-state index is -2.14. The van der Waals surface area contributed by atoms with Crippen LogP contribution in [0.3, 0.4) is 0 Å². The van der Waals surface area contributed by atoms with Gasteiger partial charge in [-0.1, -0.05) is 82.4 Å². The molecule has 0 aromatic carbocycles. The van der Waals surface area contributed by atoms with Crippen LogP contribution in [-0.2, 0) is 9.16 Å². The van der Waals surface area contributed by atoms with E-state index < -0.39 is 18.2 Å². The number of carbonyl (C=O) groups is 1. The van der Waals surface area contributed by atoms with Crippen molar-refractivity contribution < 1.29 is 14.0 Å². The molecular weight excluding hydrogens is 501 g/mol. The van der Waals surface area contributed by atoms with Gasteiger partial charge in [-0.3, -0.25) is 5.01 Å². The number of anilines is 1. The van der Waals surface area contributed by atoms with Crippen molar-refractivity contribution in [2.75, 3.05) is 11.6 Å². The molecule has 1 aromatic rings. The van der Waals surface area contributed by atoms with Crippen molar-refractivity contribution in [1.29, 1.82) is 0 Å². The van der Waals surface area contributed by atoms with Crippen LogP contribution in [0.2, 0.25) is 16.6 Å². The van der Waals surface area contributed by atoms with E-state index in [4.69, 9.17) is 44.0 Å². The van der Waals surface area contributed by atoms with E-state index in [1.54, 1.807) is 11.2 Å². The van der Waals surface area contributed by atoms with Gasteiger partial charge in [-0.15, -0.1) is 0 Å². The largest absolute Gasteiger partial charge is 0.444 e. The molecule has 1 aliphatic heterocycles. The van der Waals surface area contributed by atoms with Crippen molar-refractivity contribution in [2.24, 2.45) is 0 Å². The number of amides is 1. The number of rotatable bonds is 7. The first kappa shape index (κ1) is 28.5. The first-order chi connectivity index (χ1) is 15.2. The highest BCUT2D eigenvalue weighted by molar-refractivity contribution is 6.77. The Balaban J connectivity index is 2.44. The average molecular weight is 539 g/mol. The van der Waals surface area contributed by atoms with Crippen molar-refractivity contribution >= 4 is 55.0 Å². The molecule has 188 valence electrons. The number of nitrogens with zero attached hydrogens (tertiary/aromatic N) is 3. The molecule has 0 bridgehead atoms. The molecule has 0 N–H and O–H groups in total. The number of carbonyl (C=O) groups excluding carboxylic acids is 1. The highest BCUT2D eigenvalue weighted by atomic mass is 35.6. The van der Waals surface area contributed by atoms with Crippen LogP contribution in [0.5, 0.6) is 0 Å². The molecule has 0 unspecified atom stereocenters. The predicted octanol–water partition coefficient (Wildman–Crippen LogP) is 7.35. The smallest absolute Gasteiger partial charge is 0.429 e. The highest BCUT2D eigenvalue weighted by Gasteiger charge is 2.50. The summed E-state index contributed by atoms with van der Waals surface area (Å²) < 4.78 is 10.8. The zero-order chi connectivity index (χ0) is 25.1. The summed E-state index contributed by atoms with van der Waals surface area (Å²) in [7, 11) is -2.14. The van der Waals surface area contributed by atoms with E-state index in [1.165, 1.54) is 0 Å². The van der Waals surface area contributed by atoms with Crippen molar-refractivity contribution in [2.45, 2.75) is 100 Å². The Hall–Kier alpha value is -0.733. The molecule has 1 aromatic heterocycles. The molecule has 1 aliphatic rings. The summed E-state index contributed by atoms with van der Waals surface area (Å²) in [5.74, 6) is 0.641. The lowest BCUT2D eigenvalue weighted by atomic mass is 10.0. The number of aromatic nitrogens is 1. The van der Waals surface area contributed by atoms with Crippen LogP contribution in [0.4, 0.5) is 10.6 Å². The Morgan fingerprint density at radius 1 is 1.12 bits per heavy atom. The molecular formula is C23H38Cl3N3O3Si. The fraction of sp³-hybridized carbons (Fsp3) is 0.739. The molecule has 1 saturated heterocycles. The maximum absolute atomic E-state index is 13.1. The van der Waals surface area contributed by atoms with Crippen molar-refractivity contribution in [3.8, 4) is 0 Å². The summed E-state index contributed by atoms with van der Waals surface area (Å²) in [6, 6.07) is 5.26. The lowest BCUT2D eigenvalue weighted by molar-refractivity contribution is 0.0153. The molecule has 2 heterocycles. The second kappa shape index (κ2) is 11.3. The van der Waals surface area contributed by atoms with Crippen molar-refractivity contribution in [3.63, 3.8) is 0 Å². The Labute approximate surface area is 215 Å². The second-order valence-electron chi connectivity index (χ2n) is 9.85. The molecule has 0 radical (unpaired) electrons. The maximum Gasteiger partial charge on any atom is 0.429 e. The van der Waals surface area contributed by atoms with E-state index in [0.717, 1.165) is 0 Å². The monoisotopic (exact) mass is 537 g/mol. The zero-order valence-corrected chi connectivity index (χ0v) is 24.2. The van der Waals surface area contributed by atoms with Gasteiger partial charge in [0.05, 0.1) is 18.2 Å². The molecule has 1 fully saturated rings. The Morgan fingerprint density at radius 3 is 2.15 bits per heavy atom. The van der Waals surface area contributed by atoms with Crippen LogP contribution in [0.25, 0.3) is 0 Å². The van der Waals surface area contributed by atoms with E-state index >= 15 is 0 Å². The standard InChI is InChI=1S/C23H38Cl3N3O3Si/c1-15(2)33(16(3)4,17(5)6)32-20-13-18(7)28(22(30)31-14-23(24,25)26)29(19(20)8)21-11-9-10-12-27-21/h9-12,15-20H,13-14H2,1-8H3/t18-,19+,20+/m1/s1. The number of halogens is 3. The summed E-state index contributed by atoms with van der Waals surface area (Å²) in [5, 5.41) is 3.45. The molecule has 0 aliphatic carbocycles. The van der Waals surface area contributed by atoms with Gasteiger partial charge in [-0.2, -0.15) is 0 Å². The summed E-state index contributed by atoms with van der Waals surface area (Å²) in [4.78, 5) is 17.6. The first-order valence-electron chi connectivity index (χ1n) is 11.6. The van der Waals surface area contributed by atoms with Crippen LogP contribution >= 0.6 is 34.8 Å². The van der Waals surface area contributed by atoms with Gasteiger partial charge in [0, 0.05) is 6.20 Å². The number of ether oxygens (including phenoxy) is 1. The molecule has 0 spiro atoms. The van der Waals surface area contributed by atoms with Gasteiger partial charge in [0.15, 0.2) is 0 Å². The summed E-state index contributed by atoms with van der Waals surface area (Å²) in [6.07, 6.45) is 1.73. The van der Waals surface area contributed by atoms with Gasteiger partial charge in [-0.05, 0) is 49.0 Å². The van der Waals surface area contributed by atoms with Crippen LogP contribution in [0.1, 0.15) is 61.8 Å². The van der Waals surface area contributed by atoms with E-state index in [2.05, 4.69) is 53.5 Å². The van der Waals surface area contributed by atoms with Crippen LogP contribution in [0.15, 0.2) is 24.4 Å². The third-order valence-electron chi connectivity index (χ3n) is 6.64. The number of alkyl halides is 3. The molecule has 1 amide bonds. The molecule has 10 heteroatoms. The van der Waals surface area contributed by atoms with Gasteiger partial charge in [0.2, 0.25) is 12.1 Å². The van der Waals surface area contributed by atoms with Crippen LogP contribution < -0.4 is 5.01 Å². The second-order valence-corrected chi connectivity index (χ2v) is 17.8. The van der Waals surface area contributed by atoms with Crippen molar-refractivity contribution in [1.82, 2.24) is 9.99 Å². The van der Waals surface area contributed by atoms with Gasteiger partial charge >= 0.3 is 6.09 Å². The normalized spacial score (nSPS) is 22.4. The Morgan fingerprint density at radius 2 is 1.70 bits per heavy atom. The number of hydrogen-bond acceptors (Lipinski definition) is 5. The fourth-order valence-electron chi connectivity index (χ4n) is 5.30. The summed E-state index contributed by atoms with van der Waals surface area (Å²) in [5.41, 5.74) is 1.36. The Kier molecular flexibility index (Phi) is 9.79. The van der Waals surface area contributed by atoms with Crippen molar-refractivity contribution in [3.05, 3.63) is 24.4 Å². The number of pyridine rings is 1. The number of hydrogen-bond donors (Lipinski definition) is 0. The minimum absolute atomic E-state index is 0.0712. The van der Waals surface area contributed by atoms with E-state index in [1.807, 2.05) is 30.1 Å². The topological polar surface area (TPSA) is 54.9 Å². The molecule has 0 saturated carbocycles. The molecule has 2 rings (SSSR count). The predicted molar refractivity (Wildman–Crippen MR) is 140 cm³/mol. The summed E-state index contributed by atoms with van der Waals surface area (Å²) >= 11 is 17.4. The quantitative estimate of drug-likeness (QED) is 0.268. The zero-order valence-electron chi connectivity index (χ0n) is 20.9. The first-order valence-corrected chi connectivity index (χ1v) is 14.9. The van der Waals surface area contributed by atoms with E-state index in [-0.39, 0.29) is 24.8 Å². The lowest BCUT2D eigenvalue weighted by Gasteiger charge is -2.53. The lowest BCUT2D eigenvalue weighted by Crippen LogP contribution is -2.66. The van der Waals surface area contributed by atoms with Gasteiger partial charge in [0.25, 0.3) is 0 Å². The molecule has 33 heavy (non-hydrogen) atoms. The van der Waals surface area contributed by atoms with Crippen LogP contribution in [0, 0.1) is 0 Å². The maximum atomic E-state index is 13.1. The van der Waals surface area contributed by atoms with E-state index in [9.17, 15) is 4.79 Å². The SMILES string of the molecule is CC(C)[Si](O[C@H]1C[C@@H](C)N(C(=O)OCC(Cl)(Cl)Cl)N(c2ccccn2)[C@H]1C)(C(C)C)C(C)C. The van der Waals surface area contributed by atoms with Crippen LogP contribution in [-0.4, -0.2) is 53.0 Å². The van der Waals surface area contributed by atoms with E-state index in [0.29, 0.717) is 28.9 Å². The summed E-state index contributed by atoms with van der Waals surface area (Å²) in [6.45, 7) is 17.4. The van der Waals surface area contributed by atoms with Gasteiger partial charge < -0.3 is 9.16 Å². The minimum Gasteiger partial charge on any atom is -0.444 e.